The molecule has 0 aliphatic heterocycles. The molecule has 156 valence electrons. The highest BCUT2D eigenvalue weighted by Gasteiger charge is 2.39. The molecule has 1 heterocycles. The van der Waals surface area contributed by atoms with Crippen LogP contribution in [0.5, 0.6) is 0 Å². The minimum absolute atomic E-state index is 0.101. The Morgan fingerprint density at radius 3 is 2.57 bits per heavy atom. The molecule has 1 aromatic heterocycles. The average Bonchev–Trinajstić information content (AvgIpc) is 3.32. The molecular weight excluding hydrogens is 386 g/mol. The van der Waals surface area contributed by atoms with Gasteiger partial charge in [-0.3, -0.25) is 9.59 Å². The number of amides is 2. The molecule has 1 aromatic carbocycles. The van der Waals surface area contributed by atoms with Gasteiger partial charge in [0.05, 0.1) is 23.6 Å². The number of carbonyl (C=O) groups excluding carboxylic acids is 3. The summed E-state index contributed by atoms with van der Waals surface area (Å²) in [5.41, 5.74) is -0.498. The van der Waals surface area contributed by atoms with Crippen LogP contribution in [0.1, 0.15) is 53.0 Å². The number of benzene rings is 1. The van der Waals surface area contributed by atoms with E-state index in [4.69, 9.17) is 9.15 Å². The number of hydrogen-bond acceptors (Lipinski definition) is 6. The van der Waals surface area contributed by atoms with Gasteiger partial charge < -0.3 is 19.4 Å². The fourth-order valence-electron chi connectivity index (χ4n) is 3.56. The zero-order valence-electron chi connectivity index (χ0n) is 16.7. The number of para-hydroxylation sites is 1. The zero-order valence-corrected chi connectivity index (χ0v) is 16.7. The zero-order chi connectivity index (χ0) is 21.6. The predicted octanol–water partition coefficient (Wildman–Crippen LogP) is 3.37. The van der Waals surface area contributed by atoms with Crippen LogP contribution in [0.15, 0.2) is 47.1 Å². The van der Waals surface area contributed by atoms with E-state index >= 15 is 0 Å². The van der Waals surface area contributed by atoms with Crippen LogP contribution >= 0.6 is 0 Å². The first-order valence-electron chi connectivity index (χ1n) is 9.76. The lowest BCUT2D eigenvalue weighted by atomic mass is 9.81. The average molecular weight is 409 g/mol. The summed E-state index contributed by atoms with van der Waals surface area (Å²) in [6.45, 7) is -0.487. The van der Waals surface area contributed by atoms with E-state index in [1.165, 1.54) is 23.3 Å². The Morgan fingerprint density at radius 1 is 1.17 bits per heavy atom. The van der Waals surface area contributed by atoms with Crippen LogP contribution in [-0.4, -0.2) is 41.9 Å². The number of nitrogens with zero attached hydrogens (tertiary/aromatic N) is 2. The Morgan fingerprint density at radius 2 is 1.90 bits per heavy atom. The van der Waals surface area contributed by atoms with Crippen molar-refractivity contribution < 1.29 is 23.5 Å². The van der Waals surface area contributed by atoms with Crippen molar-refractivity contribution in [1.82, 2.24) is 4.90 Å². The van der Waals surface area contributed by atoms with Crippen LogP contribution in [0.25, 0.3) is 0 Å². The number of nitriles is 1. The van der Waals surface area contributed by atoms with Gasteiger partial charge in [-0.05, 0) is 37.1 Å². The second-order valence-corrected chi connectivity index (χ2v) is 7.21. The normalized spacial score (nSPS) is 14.9. The van der Waals surface area contributed by atoms with Gasteiger partial charge in [0, 0.05) is 7.05 Å². The topological polar surface area (TPSA) is 113 Å². The molecule has 8 heteroatoms. The van der Waals surface area contributed by atoms with Crippen molar-refractivity contribution in [3.05, 3.63) is 54.0 Å². The van der Waals surface area contributed by atoms with Gasteiger partial charge in [0.1, 0.15) is 5.54 Å². The molecule has 0 saturated heterocycles. The van der Waals surface area contributed by atoms with E-state index in [9.17, 15) is 19.6 Å². The van der Waals surface area contributed by atoms with Crippen LogP contribution in [0.2, 0.25) is 0 Å². The van der Waals surface area contributed by atoms with E-state index in [2.05, 4.69) is 11.4 Å². The number of likely N-dealkylation sites (N-methyl/N-ethyl adjacent to an activating group) is 1. The van der Waals surface area contributed by atoms with Crippen molar-refractivity contribution >= 4 is 23.5 Å². The van der Waals surface area contributed by atoms with Crippen molar-refractivity contribution in [2.45, 2.75) is 37.6 Å². The Kier molecular flexibility index (Phi) is 6.52. The monoisotopic (exact) mass is 409 g/mol. The summed E-state index contributed by atoms with van der Waals surface area (Å²) in [6, 6.07) is 11.7. The molecule has 2 aromatic rings. The maximum Gasteiger partial charge on any atom is 0.340 e. The predicted molar refractivity (Wildman–Crippen MR) is 108 cm³/mol. The van der Waals surface area contributed by atoms with Crippen molar-refractivity contribution in [2.75, 3.05) is 19.0 Å². The number of ether oxygens (including phenoxy) is 1. The molecule has 0 radical (unpaired) electrons. The number of hydrogen-bond donors (Lipinski definition) is 1. The lowest BCUT2D eigenvalue weighted by molar-refractivity contribution is -0.138. The first-order valence-corrected chi connectivity index (χ1v) is 9.76. The molecular formula is C22H23N3O5. The molecule has 30 heavy (non-hydrogen) atoms. The van der Waals surface area contributed by atoms with Crippen LogP contribution in [0.4, 0.5) is 5.69 Å². The van der Waals surface area contributed by atoms with Crippen molar-refractivity contribution in [3.8, 4) is 6.07 Å². The lowest BCUT2D eigenvalue weighted by Gasteiger charge is -2.38. The van der Waals surface area contributed by atoms with E-state index in [0.717, 1.165) is 19.3 Å². The summed E-state index contributed by atoms with van der Waals surface area (Å²) in [5, 5.41) is 12.2. The largest absolute Gasteiger partial charge is 0.459 e. The van der Waals surface area contributed by atoms with Gasteiger partial charge in [-0.2, -0.15) is 5.26 Å². The van der Waals surface area contributed by atoms with Gasteiger partial charge in [-0.15, -0.1) is 0 Å². The molecule has 8 nitrogen and oxygen atoms in total. The first-order chi connectivity index (χ1) is 14.5. The van der Waals surface area contributed by atoms with Gasteiger partial charge in [-0.1, -0.05) is 31.4 Å². The summed E-state index contributed by atoms with van der Waals surface area (Å²) in [6.07, 6.45) is 5.41. The van der Waals surface area contributed by atoms with Crippen LogP contribution in [0.3, 0.4) is 0 Å². The Labute approximate surface area is 174 Å². The maximum absolute atomic E-state index is 12.6. The summed E-state index contributed by atoms with van der Waals surface area (Å²) < 4.78 is 10.2. The molecule has 2 amide bonds. The third kappa shape index (κ3) is 4.51. The molecule has 1 saturated carbocycles. The van der Waals surface area contributed by atoms with E-state index < -0.39 is 29.9 Å². The van der Waals surface area contributed by atoms with E-state index in [1.54, 1.807) is 31.3 Å². The van der Waals surface area contributed by atoms with Gasteiger partial charge in [0.15, 0.2) is 12.4 Å². The van der Waals surface area contributed by atoms with E-state index in [0.29, 0.717) is 12.8 Å². The van der Waals surface area contributed by atoms with Crippen molar-refractivity contribution in [1.29, 1.82) is 5.26 Å². The number of furan rings is 1. The van der Waals surface area contributed by atoms with E-state index in [1.807, 2.05) is 0 Å². The maximum atomic E-state index is 12.6. The highest BCUT2D eigenvalue weighted by Crippen LogP contribution is 2.32. The highest BCUT2D eigenvalue weighted by atomic mass is 16.5. The minimum atomic E-state index is -0.851. The molecule has 1 aliphatic rings. The lowest BCUT2D eigenvalue weighted by Crippen LogP contribution is -2.51. The molecule has 1 aliphatic carbocycles. The molecule has 1 fully saturated rings. The number of anilines is 1. The van der Waals surface area contributed by atoms with Crippen LogP contribution < -0.4 is 5.32 Å². The molecule has 0 unspecified atom stereocenters. The van der Waals surface area contributed by atoms with Gasteiger partial charge in [0.25, 0.3) is 11.8 Å². The summed E-state index contributed by atoms with van der Waals surface area (Å²) >= 11 is 0. The van der Waals surface area contributed by atoms with Gasteiger partial charge in [0.2, 0.25) is 0 Å². The fourth-order valence-corrected chi connectivity index (χ4v) is 3.56. The van der Waals surface area contributed by atoms with E-state index in [-0.39, 0.29) is 17.0 Å². The van der Waals surface area contributed by atoms with Crippen LogP contribution in [0, 0.1) is 11.3 Å². The summed E-state index contributed by atoms with van der Waals surface area (Å²) in [5.74, 6) is -1.60. The van der Waals surface area contributed by atoms with Crippen LogP contribution in [-0.2, 0) is 9.53 Å². The van der Waals surface area contributed by atoms with Crippen molar-refractivity contribution in [2.24, 2.45) is 0 Å². The smallest absolute Gasteiger partial charge is 0.340 e. The highest BCUT2D eigenvalue weighted by molar-refractivity contribution is 6.06. The fraction of sp³-hybridized carbons (Fsp3) is 0.364. The number of nitrogens with one attached hydrogen (secondary N) is 1. The standard InChI is InChI=1S/C22H23N3O5/c1-25(22(15-23)11-5-2-6-12-22)19(26)14-30-21(28)16-8-3-4-9-17(16)24-20(27)18-10-7-13-29-18/h3-4,7-10,13H,2,5-6,11-12,14H2,1H3,(H,24,27). The minimum Gasteiger partial charge on any atom is -0.459 e. The molecule has 0 atom stereocenters. The Hall–Kier alpha value is -3.60. The molecule has 3 rings (SSSR count). The second-order valence-electron chi connectivity index (χ2n) is 7.21. The summed E-state index contributed by atoms with van der Waals surface area (Å²) in [7, 11) is 1.57. The number of esters is 1. The van der Waals surface area contributed by atoms with Gasteiger partial charge in [-0.25, -0.2) is 4.79 Å². The Bertz CT molecular complexity index is 955. The molecule has 1 N–H and O–H groups in total. The summed E-state index contributed by atoms with van der Waals surface area (Å²) in [4.78, 5) is 38.7. The quantitative estimate of drug-likeness (QED) is 0.732. The second kappa shape index (κ2) is 9.27. The SMILES string of the molecule is CN(C(=O)COC(=O)c1ccccc1NC(=O)c1ccco1)C1(C#N)CCCCC1. The molecule has 0 spiro atoms. The number of rotatable bonds is 6. The third-order valence-corrected chi connectivity index (χ3v) is 5.37. The van der Waals surface area contributed by atoms with Gasteiger partial charge >= 0.3 is 5.97 Å². The Balaban J connectivity index is 1.64. The molecule has 0 bridgehead atoms. The first kappa shape index (κ1) is 21.1. The van der Waals surface area contributed by atoms with Crippen molar-refractivity contribution in [3.63, 3.8) is 0 Å². The third-order valence-electron chi connectivity index (χ3n) is 5.37. The number of carbonyl (C=O) groups is 3.